The summed E-state index contributed by atoms with van der Waals surface area (Å²) in [5, 5.41) is 33.0. The van der Waals surface area contributed by atoms with Crippen LogP contribution in [-0.2, 0) is 12.0 Å². The van der Waals surface area contributed by atoms with Crippen molar-refractivity contribution < 1.29 is 67.4 Å². The van der Waals surface area contributed by atoms with Gasteiger partial charge in [-0.15, -0.1) is 4.98 Å². The molecule has 2 heterocycles. The van der Waals surface area contributed by atoms with E-state index in [2.05, 4.69) is 15.0 Å². The highest BCUT2D eigenvalue weighted by atomic mass is 16.6. The second-order valence-corrected chi connectivity index (χ2v) is 17.1. The molecule has 1 atom stereocenters. The topological polar surface area (TPSA) is 297 Å². The molecule has 1 aliphatic carbocycles. The van der Waals surface area contributed by atoms with Crippen LogP contribution in [-0.4, -0.2) is 72.3 Å². The summed E-state index contributed by atoms with van der Waals surface area (Å²) >= 11 is 0. The average Bonchev–Trinajstić information content (AvgIpc) is 3.76. The number of hydrogen-bond acceptors (Lipinski definition) is 19. The monoisotopic (exact) mass is 1000 g/mol. The van der Waals surface area contributed by atoms with Crippen LogP contribution in [0.2, 0.25) is 0 Å². The normalized spacial score (nSPS) is 13.8. The largest absolute Gasteiger partial charge is 0.496 e. The summed E-state index contributed by atoms with van der Waals surface area (Å²) in [4.78, 5) is 113. The third kappa shape index (κ3) is 9.21. The molecule has 0 saturated carbocycles. The molecule has 9 rings (SSSR count). The number of hydrogen-bond donors (Lipinski definition) is 1. The quantitative estimate of drug-likeness (QED) is 0.0331. The average molecular weight is 1000 g/mol. The van der Waals surface area contributed by atoms with Gasteiger partial charge < -0.3 is 28.8 Å². The number of carbonyl (C=O) groups excluding carboxylic acids is 6. The number of amides is 2. The van der Waals surface area contributed by atoms with Crippen molar-refractivity contribution in [1.29, 1.82) is 0 Å². The highest BCUT2D eigenvalue weighted by Crippen LogP contribution is 2.38. The molecule has 7 aromatic rings. The van der Waals surface area contributed by atoms with Crippen molar-refractivity contribution in [3.05, 3.63) is 192 Å². The van der Waals surface area contributed by atoms with E-state index >= 15 is 0 Å². The van der Waals surface area contributed by atoms with E-state index < -0.39 is 86.4 Å². The molecule has 0 fully saturated rings. The van der Waals surface area contributed by atoms with Gasteiger partial charge in [-0.25, -0.2) is 14.5 Å². The van der Waals surface area contributed by atoms with Crippen molar-refractivity contribution in [2.24, 2.45) is 5.92 Å². The number of aliphatic hydroxyl groups is 1. The number of fused-ring (bicyclic) bond motifs is 2. The van der Waals surface area contributed by atoms with Crippen LogP contribution in [0.3, 0.4) is 0 Å². The fourth-order valence-electron chi connectivity index (χ4n) is 8.20. The van der Waals surface area contributed by atoms with Crippen LogP contribution in [0.5, 0.6) is 40.8 Å². The lowest BCUT2D eigenvalue weighted by molar-refractivity contribution is -0.394. The molecular formula is C52H36N6O16. The maximum Gasteiger partial charge on any atom is 0.350 e. The van der Waals surface area contributed by atoms with Crippen LogP contribution in [0.1, 0.15) is 99.6 Å². The number of nitro groups is 2. The van der Waals surface area contributed by atoms with Crippen molar-refractivity contribution in [2.75, 3.05) is 12.0 Å². The molecule has 2 amide bonds. The van der Waals surface area contributed by atoms with Gasteiger partial charge in [0, 0.05) is 28.7 Å². The third-order valence-electron chi connectivity index (χ3n) is 12.2. The highest BCUT2D eigenvalue weighted by molar-refractivity contribution is 6.34. The zero-order valence-electron chi connectivity index (χ0n) is 39.1. The van der Waals surface area contributed by atoms with Gasteiger partial charge in [-0.2, -0.15) is 9.97 Å². The van der Waals surface area contributed by atoms with Gasteiger partial charge in [0.05, 0.1) is 52.2 Å². The highest BCUT2D eigenvalue weighted by Gasteiger charge is 2.40. The Hall–Kier alpha value is -10.1. The number of ether oxygens (including phenoxy) is 5. The number of imide groups is 1. The van der Waals surface area contributed by atoms with Gasteiger partial charge >= 0.3 is 24.0 Å². The molecule has 1 aliphatic heterocycles. The van der Waals surface area contributed by atoms with E-state index in [4.69, 9.17) is 23.7 Å². The molecule has 0 spiro atoms. The minimum absolute atomic E-state index is 0.0359. The second-order valence-electron chi connectivity index (χ2n) is 17.1. The van der Waals surface area contributed by atoms with Crippen molar-refractivity contribution in [2.45, 2.75) is 32.8 Å². The molecule has 22 heteroatoms. The number of non-ortho nitro benzene ring substituents is 2. The van der Waals surface area contributed by atoms with Crippen molar-refractivity contribution in [3.63, 3.8) is 0 Å². The van der Waals surface area contributed by atoms with Gasteiger partial charge in [0.1, 0.15) is 34.3 Å². The molecule has 0 saturated heterocycles. The summed E-state index contributed by atoms with van der Waals surface area (Å²) in [5.74, 6) is -5.19. The van der Waals surface area contributed by atoms with Gasteiger partial charge in [-0.05, 0) is 90.3 Å². The zero-order valence-corrected chi connectivity index (χ0v) is 39.1. The number of rotatable bonds is 15. The summed E-state index contributed by atoms with van der Waals surface area (Å²) in [7, 11) is 1.25. The van der Waals surface area contributed by atoms with Crippen LogP contribution in [0.15, 0.2) is 121 Å². The van der Waals surface area contributed by atoms with E-state index in [-0.39, 0.29) is 45.3 Å². The zero-order chi connectivity index (χ0) is 52.7. The van der Waals surface area contributed by atoms with Crippen LogP contribution in [0.4, 0.5) is 17.3 Å². The number of ketones is 2. The molecule has 1 N–H and O–H groups in total. The summed E-state index contributed by atoms with van der Waals surface area (Å²) < 4.78 is 28.0. The molecule has 74 heavy (non-hydrogen) atoms. The van der Waals surface area contributed by atoms with Crippen molar-refractivity contribution >= 4 is 52.6 Å². The Bertz CT molecular complexity index is 3510. The number of methoxy groups -OCH3 is 1. The SMILES string of the molecule is COc1cccc(CO)c1C(=O)Oc1nc(OC(=O)c2cc([N+](=O)[O-])cc([N+](=O)[O-])c2)nc(N2C(=O)c3ccc(Oc4ccc(C(C)(C)c5ccc(Oc6ccc7c(c6)C(=O)C(C)C7=O)cc5)cc4)cc3C2=O)n1. The minimum atomic E-state index is -1.47. The first-order valence-corrected chi connectivity index (χ1v) is 22.1. The van der Waals surface area contributed by atoms with Crippen LogP contribution >= 0.6 is 0 Å². The number of Topliss-reactive ketones (excluding diaryl/α,β-unsaturated/α-hetero) is 2. The van der Waals surface area contributed by atoms with E-state index in [0.29, 0.717) is 51.5 Å². The molecule has 6 aromatic carbocycles. The molecule has 370 valence electrons. The summed E-state index contributed by atoms with van der Waals surface area (Å²) in [6.45, 7) is 5.01. The molecule has 22 nitrogen and oxygen atoms in total. The Balaban J connectivity index is 0.942. The van der Waals surface area contributed by atoms with E-state index in [9.17, 15) is 54.1 Å². The van der Waals surface area contributed by atoms with E-state index in [0.717, 1.165) is 11.1 Å². The standard InChI is InChI=1S/C52H36N6O16/c1-26-43(60)37-18-16-35(23-39(37)44(26)61)71-33-12-8-29(9-13-33)52(2,3)30-10-14-34(15-11-30)72-36-17-19-38-40(24-36)46(63)56(45(38)62)49-53-50(73-47(64)28-20-31(57(66)67)22-32(21-28)58(68)69)55-51(54-49)74-48(65)42-27(25-59)6-5-7-41(42)70-4/h5-24,26,59H,25H2,1-4H3. The van der Waals surface area contributed by atoms with Gasteiger partial charge in [0.25, 0.3) is 23.2 Å². The Kier molecular flexibility index (Phi) is 12.7. The first-order chi connectivity index (χ1) is 35.3. The van der Waals surface area contributed by atoms with Gasteiger partial charge in [0.15, 0.2) is 11.6 Å². The summed E-state index contributed by atoms with van der Waals surface area (Å²) in [5.41, 5.74) is -0.796. The number of benzene rings is 6. The second kappa shape index (κ2) is 19.3. The predicted octanol–water partition coefficient (Wildman–Crippen LogP) is 8.35. The molecule has 1 aromatic heterocycles. The lowest BCUT2D eigenvalue weighted by Gasteiger charge is -2.26. The fraction of sp³-hybridized carbons (Fsp3) is 0.135. The number of anilines is 1. The van der Waals surface area contributed by atoms with Crippen molar-refractivity contribution in [3.8, 4) is 40.8 Å². The number of aromatic nitrogens is 3. The molecule has 1 unspecified atom stereocenters. The Morgan fingerprint density at radius 2 is 1.14 bits per heavy atom. The molecule has 0 bridgehead atoms. The molecule has 2 aliphatic rings. The van der Waals surface area contributed by atoms with E-state index in [1.807, 2.05) is 38.1 Å². The lowest BCUT2D eigenvalue weighted by atomic mass is 9.78. The van der Waals surface area contributed by atoms with Gasteiger partial charge in [-0.1, -0.05) is 50.2 Å². The van der Waals surface area contributed by atoms with Crippen LogP contribution in [0.25, 0.3) is 0 Å². The van der Waals surface area contributed by atoms with E-state index in [1.54, 1.807) is 49.4 Å². The number of nitrogens with zero attached hydrogens (tertiary/aromatic N) is 6. The first-order valence-electron chi connectivity index (χ1n) is 22.1. The predicted molar refractivity (Wildman–Crippen MR) is 255 cm³/mol. The fourth-order valence-corrected chi connectivity index (χ4v) is 8.20. The minimum Gasteiger partial charge on any atom is -0.496 e. The third-order valence-corrected chi connectivity index (χ3v) is 12.2. The summed E-state index contributed by atoms with van der Waals surface area (Å²) in [6, 6.07) is 27.8. The Morgan fingerprint density at radius 3 is 1.68 bits per heavy atom. The van der Waals surface area contributed by atoms with Crippen molar-refractivity contribution in [1.82, 2.24) is 15.0 Å². The first kappa shape index (κ1) is 48.9. The maximum atomic E-state index is 14.1. The lowest BCUT2D eigenvalue weighted by Crippen LogP contribution is -2.32. The van der Waals surface area contributed by atoms with Gasteiger partial charge in [-0.3, -0.25) is 39.4 Å². The maximum absolute atomic E-state index is 14.1. The Labute approximate surface area is 417 Å². The summed E-state index contributed by atoms with van der Waals surface area (Å²) in [6.07, 6.45) is 0. The number of carbonyl (C=O) groups is 6. The Morgan fingerprint density at radius 1 is 0.635 bits per heavy atom. The molecule has 0 radical (unpaired) electrons. The van der Waals surface area contributed by atoms with Crippen LogP contribution < -0.4 is 28.6 Å². The number of aliphatic hydroxyl groups excluding tert-OH is 1. The molecular weight excluding hydrogens is 965 g/mol. The van der Waals surface area contributed by atoms with Gasteiger partial charge in [0.2, 0.25) is 5.95 Å². The van der Waals surface area contributed by atoms with E-state index in [1.165, 1.54) is 43.5 Å². The number of nitro benzene ring substituents is 2. The number of esters is 2. The van der Waals surface area contributed by atoms with Crippen LogP contribution in [0, 0.1) is 26.1 Å². The smallest absolute Gasteiger partial charge is 0.350 e.